The van der Waals surface area contributed by atoms with Crippen molar-refractivity contribution in [3.63, 3.8) is 0 Å². The number of hydrogen-bond acceptors (Lipinski definition) is 8. The lowest BCUT2D eigenvalue weighted by atomic mass is 10.3. The smallest absolute Gasteiger partial charge is 0.330 e. The fourth-order valence-electron chi connectivity index (χ4n) is 2.45. The fraction of sp³-hybridized carbons (Fsp3) is 0.533. The van der Waals surface area contributed by atoms with E-state index >= 15 is 0 Å². The van der Waals surface area contributed by atoms with E-state index in [2.05, 4.69) is 20.5 Å². The van der Waals surface area contributed by atoms with Gasteiger partial charge in [0.1, 0.15) is 16.5 Å². The molecular formula is C15H23N7O3S. The van der Waals surface area contributed by atoms with Crippen LogP contribution in [0.2, 0.25) is 0 Å². The van der Waals surface area contributed by atoms with Crippen LogP contribution in [0.25, 0.3) is 0 Å². The van der Waals surface area contributed by atoms with Crippen LogP contribution in [0.4, 0.5) is 16.6 Å². The third kappa shape index (κ3) is 4.48. The van der Waals surface area contributed by atoms with Gasteiger partial charge in [0.2, 0.25) is 11.0 Å². The number of amides is 1. The maximum absolute atomic E-state index is 12.3. The summed E-state index contributed by atoms with van der Waals surface area (Å²) in [5.41, 5.74) is 5.04. The molecule has 0 radical (unpaired) electrons. The Labute approximate surface area is 154 Å². The summed E-state index contributed by atoms with van der Waals surface area (Å²) in [6, 6.07) is 0. The van der Waals surface area contributed by atoms with Gasteiger partial charge < -0.3 is 10.6 Å². The van der Waals surface area contributed by atoms with Gasteiger partial charge in [-0.25, -0.2) is 4.79 Å². The largest absolute Gasteiger partial charge is 0.383 e. The molecule has 1 amide bonds. The Balaban J connectivity index is 2.27. The minimum atomic E-state index is -0.610. The number of nitrogen functional groups attached to an aromatic ring is 1. The second kappa shape index (κ2) is 8.61. The van der Waals surface area contributed by atoms with Crippen molar-refractivity contribution in [2.24, 2.45) is 0 Å². The molecule has 26 heavy (non-hydrogen) atoms. The van der Waals surface area contributed by atoms with Crippen LogP contribution in [-0.4, -0.2) is 38.7 Å². The number of nitrogens with zero attached hydrogens (tertiary/aromatic N) is 4. The van der Waals surface area contributed by atoms with Gasteiger partial charge in [-0.2, -0.15) is 0 Å². The molecule has 0 atom stereocenters. The van der Waals surface area contributed by atoms with Crippen molar-refractivity contribution in [2.45, 2.75) is 40.2 Å². The molecule has 2 heterocycles. The van der Waals surface area contributed by atoms with Crippen LogP contribution in [0.5, 0.6) is 0 Å². The van der Waals surface area contributed by atoms with Crippen molar-refractivity contribution in [1.29, 1.82) is 0 Å². The third-order valence-corrected chi connectivity index (χ3v) is 4.51. The van der Waals surface area contributed by atoms with E-state index in [1.807, 2.05) is 6.92 Å². The zero-order valence-electron chi connectivity index (χ0n) is 15.0. The number of rotatable bonds is 8. The molecule has 142 valence electrons. The maximum Gasteiger partial charge on any atom is 0.330 e. The first-order valence-corrected chi connectivity index (χ1v) is 9.16. The van der Waals surface area contributed by atoms with Gasteiger partial charge in [0.15, 0.2) is 0 Å². The van der Waals surface area contributed by atoms with Crippen LogP contribution in [0.1, 0.15) is 31.7 Å². The molecule has 2 rings (SSSR count). The van der Waals surface area contributed by atoms with Gasteiger partial charge in [-0.3, -0.25) is 24.5 Å². The summed E-state index contributed by atoms with van der Waals surface area (Å²) in [5, 5.41) is 11.4. The van der Waals surface area contributed by atoms with Gasteiger partial charge in [-0.1, -0.05) is 24.7 Å². The predicted octanol–water partition coefficient (Wildman–Crippen LogP) is 0.544. The first-order valence-electron chi connectivity index (χ1n) is 8.34. The van der Waals surface area contributed by atoms with Gasteiger partial charge in [0, 0.05) is 13.1 Å². The van der Waals surface area contributed by atoms with E-state index in [-0.39, 0.29) is 24.0 Å². The molecule has 0 saturated heterocycles. The van der Waals surface area contributed by atoms with Gasteiger partial charge in [-0.05, 0) is 20.3 Å². The topological polar surface area (TPSA) is 139 Å². The van der Waals surface area contributed by atoms with E-state index < -0.39 is 11.2 Å². The van der Waals surface area contributed by atoms with Crippen LogP contribution in [0, 0.1) is 6.92 Å². The minimum absolute atomic E-state index is 0.0635. The molecule has 0 unspecified atom stereocenters. The Bertz CT molecular complexity index is 886. The summed E-state index contributed by atoms with van der Waals surface area (Å²) in [4.78, 5) is 40.4. The van der Waals surface area contributed by atoms with Crippen LogP contribution in [-0.2, 0) is 11.3 Å². The molecular weight excluding hydrogens is 358 g/mol. The SMILES string of the molecule is CCCCn1c(N)c(N(CC)CC(=O)Nc2nnc(C)s2)c(=O)[nH]c1=O. The lowest BCUT2D eigenvalue weighted by Crippen LogP contribution is -2.41. The number of nitrogens with one attached hydrogen (secondary N) is 2. The van der Waals surface area contributed by atoms with Crippen molar-refractivity contribution < 1.29 is 4.79 Å². The molecule has 0 aliphatic rings. The number of unbranched alkanes of at least 4 members (excludes halogenated alkanes) is 1. The molecule has 10 nitrogen and oxygen atoms in total. The van der Waals surface area contributed by atoms with E-state index in [4.69, 9.17) is 5.73 Å². The summed E-state index contributed by atoms with van der Waals surface area (Å²) in [7, 11) is 0. The van der Waals surface area contributed by atoms with Crippen molar-refractivity contribution in [3.8, 4) is 0 Å². The van der Waals surface area contributed by atoms with Gasteiger partial charge in [-0.15, -0.1) is 10.2 Å². The number of carbonyl (C=O) groups is 1. The zero-order chi connectivity index (χ0) is 19.3. The second-order valence-corrected chi connectivity index (χ2v) is 6.87. The van der Waals surface area contributed by atoms with E-state index in [1.54, 1.807) is 13.8 Å². The number of likely N-dealkylation sites (N-methyl/N-ethyl adjacent to an activating group) is 1. The van der Waals surface area contributed by atoms with E-state index in [1.165, 1.54) is 20.8 Å². The lowest BCUT2D eigenvalue weighted by molar-refractivity contribution is -0.115. The van der Waals surface area contributed by atoms with Crippen LogP contribution >= 0.6 is 11.3 Å². The van der Waals surface area contributed by atoms with E-state index in [0.717, 1.165) is 17.8 Å². The van der Waals surface area contributed by atoms with Crippen molar-refractivity contribution in [1.82, 2.24) is 19.7 Å². The number of carbonyl (C=O) groups excluding carboxylic acids is 1. The first-order chi connectivity index (χ1) is 12.4. The number of aryl methyl sites for hydroxylation is 1. The molecule has 4 N–H and O–H groups in total. The molecule has 0 saturated carbocycles. The standard InChI is InChI=1S/C15H23N7O3S/c1-4-6-7-22-12(16)11(13(24)18-15(22)25)21(5-2)8-10(23)17-14-20-19-9(3)26-14/h4-8,16H2,1-3H3,(H,17,20,23)(H,18,24,25). The predicted molar refractivity (Wildman–Crippen MR) is 102 cm³/mol. The number of anilines is 3. The summed E-state index contributed by atoms with van der Waals surface area (Å²) in [5.74, 6) is -0.290. The van der Waals surface area contributed by atoms with Crippen molar-refractivity contribution in [3.05, 3.63) is 25.8 Å². The Hall–Kier alpha value is -2.69. The highest BCUT2D eigenvalue weighted by molar-refractivity contribution is 7.15. The Morgan fingerprint density at radius 2 is 2.08 bits per heavy atom. The Morgan fingerprint density at radius 1 is 1.35 bits per heavy atom. The summed E-state index contributed by atoms with van der Waals surface area (Å²) < 4.78 is 1.33. The van der Waals surface area contributed by atoms with Gasteiger partial charge >= 0.3 is 5.69 Å². The normalized spacial score (nSPS) is 10.7. The zero-order valence-corrected chi connectivity index (χ0v) is 15.9. The second-order valence-electron chi connectivity index (χ2n) is 5.69. The number of aromatic amines is 1. The van der Waals surface area contributed by atoms with Crippen molar-refractivity contribution in [2.75, 3.05) is 29.0 Å². The molecule has 0 fully saturated rings. The minimum Gasteiger partial charge on any atom is -0.383 e. The highest BCUT2D eigenvalue weighted by Gasteiger charge is 2.20. The third-order valence-electron chi connectivity index (χ3n) is 3.75. The van der Waals surface area contributed by atoms with Crippen molar-refractivity contribution >= 4 is 33.9 Å². The van der Waals surface area contributed by atoms with Gasteiger partial charge in [0.05, 0.1) is 6.54 Å². The van der Waals surface area contributed by atoms with Crippen LogP contribution in [0.3, 0.4) is 0 Å². The molecule has 2 aromatic rings. The quantitative estimate of drug-likeness (QED) is 0.606. The molecule has 0 aliphatic heterocycles. The number of hydrogen-bond donors (Lipinski definition) is 3. The Morgan fingerprint density at radius 3 is 2.65 bits per heavy atom. The lowest BCUT2D eigenvalue weighted by Gasteiger charge is -2.24. The average Bonchev–Trinajstić information content (AvgIpc) is 2.98. The van der Waals surface area contributed by atoms with E-state index in [9.17, 15) is 14.4 Å². The van der Waals surface area contributed by atoms with E-state index in [0.29, 0.717) is 18.2 Å². The summed E-state index contributed by atoms with van der Waals surface area (Å²) in [6.45, 7) is 6.23. The monoisotopic (exact) mass is 381 g/mol. The number of nitrogens with two attached hydrogens (primary N) is 1. The highest BCUT2D eigenvalue weighted by Crippen LogP contribution is 2.18. The molecule has 2 aromatic heterocycles. The summed E-state index contributed by atoms with van der Waals surface area (Å²) in [6.07, 6.45) is 1.63. The maximum atomic E-state index is 12.3. The Kier molecular flexibility index (Phi) is 6.50. The molecule has 11 heteroatoms. The highest BCUT2D eigenvalue weighted by atomic mass is 32.1. The van der Waals surface area contributed by atoms with Crippen LogP contribution in [0.15, 0.2) is 9.59 Å². The average molecular weight is 381 g/mol. The molecule has 0 aromatic carbocycles. The fourth-order valence-corrected chi connectivity index (χ4v) is 3.06. The molecule has 0 spiro atoms. The molecule has 0 aliphatic carbocycles. The van der Waals surface area contributed by atoms with Crippen LogP contribution < -0.4 is 27.2 Å². The summed E-state index contributed by atoms with van der Waals surface area (Å²) >= 11 is 1.26. The van der Waals surface area contributed by atoms with Gasteiger partial charge in [0.25, 0.3) is 5.56 Å². The number of H-pyrrole nitrogens is 1. The first kappa shape index (κ1) is 19.6. The number of aromatic nitrogens is 4. The molecule has 0 bridgehead atoms.